The fourth-order valence-electron chi connectivity index (χ4n) is 2.35. The highest BCUT2D eigenvalue weighted by Gasteiger charge is 2.35. The molecular weight excluding hydrogens is 326 g/mol. The van der Waals surface area contributed by atoms with Crippen LogP contribution in [0.2, 0.25) is 0 Å². The van der Waals surface area contributed by atoms with Gasteiger partial charge in [0.05, 0.1) is 5.56 Å². The van der Waals surface area contributed by atoms with Crippen molar-refractivity contribution in [2.75, 3.05) is 19.7 Å². The fraction of sp³-hybridized carbons (Fsp3) is 0.538. The Morgan fingerprint density at radius 1 is 1.23 bits per heavy atom. The van der Waals surface area contributed by atoms with Gasteiger partial charge in [-0.1, -0.05) is 0 Å². The molecule has 0 bridgehead atoms. The third kappa shape index (κ3) is 3.41. The van der Waals surface area contributed by atoms with Crippen LogP contribution in [-0.4, -0.2) is 37.5 Å². The second kappa shape index (κ2) is 6.13. The second-order valence-corrected chi connectivity index (χ2v) is 7.08. The standard InChI is InChI=1S/C13H15F4NO3S/c14-11-2-1-10(13(15,16)17)7-12(11)22(20,21)18-5-3-9(8-19)4-6-18/h1-2,7,9,19H,3-6,8H2. The van der Waals surface area contributed by atoms with Crippen molar-refractivity contribution in [3.8, 4) is 0 Å². The number of aliphatic hydroxyl groups excluding tert-OH is 1. The number of benzene rings is 1. The number of nitrogens with zero attached hydrogens (tertiary/aromatic N) is 1. The lowest BCUT2D eigenvalue weighted by Gasteiger charge is -2.30. The van der Waals surface area contributed by atoms with E-state index in [1.807, 2.05) is 0 Å². The van der Waals surface area contributed by atoms with Crippen LogP contribution in [-0.2, 0) is 16.2 Å². The molecule has 0 spiro atoms. The highest BCUT2D eigenvalue weighted by Crippen LogP contribution is 2.33. The highest BCUT2D eigenvalue weighted by atomic mass is 32.2. The van der Waals surface area contributed by atoms with E-state index in [1.54, 1.807) is 0 Å². The maximum absolute atomic E-state index is 13.7. The summed E-state index contributed by atoms with van der Waals surface area (Å²) in [5.74, 6) is -1.25. The molecule has 1 heterocycles. The smallest absolute Gasteiger partial charge is 0.396 e. The Hall–Kier alpha value is -1.19. The van der Waals surface area contributed by atoms with Gasteiger partial charge in [0.1, 0.15) is 10.7 Å². The Balaban J connectivity index is 2.34. The first kappa shape index (κ1) is 17.2. The molecule has 0 atom stereocenters. The van der Waals surface area contributed by atoms with E-state index >= 15 is 0 Å². The van der Waals surface area contributed by atoms with Crippen LogP contribution in [0.3, 0.4) is 0 Å². The number of alkyl halides is 3. The first-order valence-electron chi connectivity index (χ1n) is 6.64. The Morgan fingerprint density at radius 2 is 1.82 bits per heavy atom. The molecule has 0 unspecified atom stereocenters. The predicted molar refractivity (Wildman–Crippen MR) is 70.0 cm³/mol. The summed E-state index contributed by atoms with van der Waals surface area (Å²) in [5.41, 5.74) is -1.21. The summed E-state index contributed by atoms with van der Waals surface area (Å²) in [4.78, 5) is -0.968. The maximum atomic E-state index is 13.7. The van der Waals surface area contributed by atoms with Crippen molar-refractivity contribution in [2.45, 2.75) is 23.9 Å². The first-order valence-corrected chi connectivity index (χ1v) is 8.08. The van der Waals surface area contributed by atoms with Gasteiger partial charge in [0.2, 0.25) is 10.0 Å². The SMILES string of the molecule is O=S(=O)(c1cc(C(F)(F)F)ccc1F)N1CCC(CO)CC1. The molecule has 0 amide bonds. The molecule has 0 aliphatic carbocycles. The van der Waals surface area contributed by atoms with E-state index in [9.17, 15) is 26.0 Å². The zero-order chi connectivity index (χ0) is 16.5. The van der Waals surface area contributed by atoms with Crippen LogP contribution >= 0.6 is 0 Å². The number of hydrogen-bond donors (Lipinski definition) is 1. The molecule has 124 valence electrons. The van der Waals surface area contributed by atoms with E-state index in [2.05, 4.69) is 0 Å². The van der Waals surface area contributed by atoms with Crippen molar-refractivity contribution in [3.63, 3.8) is 0 Å². The van der Waals surface area contributed by atoms with Crippen LogP contribution in [0.1, 0.15) is 18.4 Å². The summed E-state index contributed by atoms with van der Waals surface area (Å²) in [6.45, 7) is 0.0122. The number of aliphatic hydroxyl groups is 1. The number of halogens is 4. The first-order chi connectivity index (χ1) is 10.2. The maximum Gasteiger partial charge on any atom is 0.416 e. The summed E-state index contributed by atoms with van der Waals surface area (Å²) in [6, 6.07) is 1.34. The fourth-order valence-corrected chi connectivity index (χ4v) is 3.91. The van der Waals surface area contributed by atoms with Gasteiger partial charge in [0.25, 0.3) is 0 Å². The van der Waals surface area contributed by atoms with Crippen molar-refractivity contribution in [3.05, 3.63) is 29.6 Å². The third-order valence-corrected chi connectivity index (χ3v) is 5.62. The zero-order valence-corrected chi connectivity index (χ0v) is 12.3. The molecule has 2 rings (SSSR count). The van der Waals surface area contributed by atoms with E-state index < -0.39 is 32.5 Å². The molecule has 0 radical (unpaired) electrons. The molecule has 1 aliphatic heterocycles. The van der Waals surface area contributed by atoms with Gasteiger partial charge in [-0.3, -0.25) is 0 Å². The van der Waals surface area contributed by atoms with Crippen LogP contribution in [0.15, 0.2) is 23.1 Å². The number of rotatable bonds is 3. The van der Waals surface area contributed by atoms with E-state index in [-0.39, 0.29) is 25.6 Å². The van der Waals surface area contributed by atoms with Crippen LogP contribution in [0.25, 0.3) is 0 Å². The molecule has 4 nitrogen and oxygen atoms in total. The monoisotopic (exact) mass is 341 g/mol. The second-order valence-electron chi connectivity index (χ2n) is 5.17. The molecule has 9 heteroatoms. The van der Waals surface area contributed by atoms with Gasteiger partial charge in [-0.2, -0.15) is 17.5 Å². The summed E-state index contributed by atoms with van der Waals surface area (Å²) in [5, 5.41) is 9.01. The molecule has 1 aromatic rings. The van der Waals surface area contributed by atoms with Crippen LogP contribution in [0.5, 0.6) is 0 Å². The average molecular weight is 341 g/mol. The van der Waals surface area contributed by atoms with Gasteiger partial charge in [-0.05, 0) is 37.0 Å². The van der Waals surface area contributed by atoms with E-state index in [0.717, 1.165) is 4.31 Å². The van der Waals surface area contributed by atoms with Gasteiger partial charge < -0.3 is 5.11 Å². The lowest BCUT2D eigenvalue weighted by Crippen LogP contribution is -2.39. The summed E-state index contributed by atoms with van der Waals surface area (Å²) >= 11 is 0. The van der Waals surface area contributed by atoms with Gasteiger partial charge in [0.15, 0.2) is 0 Å². The minimum absolute atomic E-state index is 0.0437. The van der Waals surface area contributed by atoms with E-state index in [4.69, 9.17) is 5.11 Å². The minimum atomic E-state index is -4.75. The van der Waals surface area contributed by atoms with Crippen molar-refractivity contribution < 1.29 is 31.1 Å². The van der Waals surface area contributed by atoms with Gasteiger partial charge in [0, 0.05) is 19.7 Å². The molecule has 1 aromatic carbocycles. The zero-order valence-electron chi connectivity index (χ0n) is 11.5. The van der Waals surface area contributed by atoms with Crippen molar-refractivity contribution >= 4 is 10.0 Å². The van der Waals surface area contributed by atoms with Crippen LogP contribution < -0.4 is 0 Å². The number of hydrogen-bond acceptors (Lipinski definition) is 3. The highest BCUT2D eigenvalue weighted by molar-refractivity contribution is 7.89. The quantitative estimate of drug-likeness (QED) is 0.858. The van der Waals surface area contributed by atoms with Crippen molar-refractivity contribution in [1.82, 2.24) is 4.31 Å². The normalized spacial score (nSPS) is 18.6. The van der Waals surface area contributed by atoms with Crippen molar-refractivity contribution in [2.24, 2.45) is 5.92 Å². The topological polar surface area (TPSA) is 57.6 Å². The molecule has 0 saturated carbocycles. The lowest BCUT2D eigenvalue weighted by molar-refractivity contribution is -0.137. The average Bonchev–Trinajstić information content (AvgIpc) is 2.46. The molecule has 1 N–H and O–H groups in total. The third-order valence-electron chi connectivity index (χ3n) is 3.71. The van der Waals surface area contributed by atoms with Gasteiger partial charge in [-0.25, -0.2) is 12.8 Å². The molecule has 1 saturated heterocycles. The summed E-state index contributed by atoms with van der Waals surface area (Å²) < 4.78 is 77.4. The Kier molecular flexibility index (Phi) is 4.78. The van der Waals surface area contributed by atoms with Crippen LogP contribution in [0.4, 0.5) is 17.6 Å². The predicted octanol–water partition coefficient (Wildman–Crippen LogP) is 2.24. The van der Waals surface area contributed by atoms with Crippen LogP contribution in [0, 0.1) is 11.7 Å². The molecular formula is C13H15F4NO3S. The van der Waals surface area contributed by atoms with Gasteiger partial charge >= 0.3 is 6.18 Å². The molecule has 22 heavy (non-hydrogen) atoms. The summed E-state index contributed by atoms with van der Waals surface area (Å²) in [7, 11) is -4.33. The summed E-state index contributed by atoms with van der Waals surface area (Å²) in [6.07, 6.45) is -3.98. The Labute approximate surface area is 125 Å². The molecule has 1 aliphatic rings. The molecule has 0 aromatic heterocycles. The molecule has 1 fully saturated rings. The Bertz CT molecular complexity index is 637. The Morgan fingerprint density at radius 3 is 2.32 bits per heavy atom. The van der Waals surface area contributed by atoms with E-state index in [1.165, 1.54) is 0 Å². The van der Waals surface area contributed by atoms with Gasteiger partial charge in [-0.15, -0.1) is 0 Å². The van der Waals surface area contributed by atoms with Crippen molar-refractivity contribution in [1.29, 1.82) is 0 Å². The minimum Gasteiger partial charge on any atom is -0.396 e. The lowest BCUT2D eigenvalue weighted by atomic mass is 10.00. The number of sulfonamides is 1. The number of piperidine rings is 1. The van der Waals surface area contributed by atoms with E-state index in [0.29, 0.717) is 31.0 Å². The largest absolute Gasteiger partial charge is 0.416 e.